The van der Waals surface area contributed by atoms with Crippen LogP contribution in [0.2, 0.25) is 0 Å². The largest absolute Gasteiger partial charge is 0.466 e. The number of carbonyl (C=O) groups excluding carboxylic acids is 2. The highest BCUT2D eigenvalue weighted by atomic mass is 32.2. The van der Waals surface area contributed by atoms with E-state index in [1.807, 2.05) is 18.2 Å². The molecule has 1 aromatic rings. The van der Waals surface area contributed by atoms with E-state index in [-0.39, 0.29) is 31.6 Å². The lowest BCUT2D eigenvalue weighted by atomic mass is 10.2. The average Bonchev–Trinajstić information content (AvgIpc) is 3.24. The maximum Gasteiger partial charge on any atom is 0.307 e. The molecule has 0 saturated carbocycles. The van der Waals surface area contributed by atoms with Crippen molar-refractivity contribution in [2.75, 3.05) is 19.9 Å². The van der Waals surface area contributed by atoms with Gasteiger partial charge in [-0.05, 0) is 30.2 Å². The van der Waals surface area contributed by atoms with Crippen molar-refractivity contribution in [3.05, 3.63) is 28.7 Å². The second-order valence-corrected chi connectivity index (χ2v) is 8.15. The van der Waals surface area contributed by atoms with Crippen LogP contribution in [0.1, 0.15) is 44.6 Å². The molecular weight excluding hydrogens is 398 g/mol. The summed E-state index contributed by atoms with van der Waals surface area (Å²) >= 11 is 6.54. The lowest BCUT2D eigenvalue weighted by Gasteiger charge is -2.13. The van der Waals surface area contributed by atoms with Crippen molar-refractivity contribution < 1.29 is 23.8 Å². The van der Waals surface area contributed by atoms with Crippen molar-refractivity contribution in [3.63, 3.8) is 0 Å². The molecule has 8 heteroatoms. The van der Waals surface area contributed by atoms with E-state index in [4.69, 9.17) is 26.4 Å². The second-order valence-electron chi connectivity index (χ2n) is 6.48. The van der Waals surface area contributed by atoms with Crippen LogP contribution in [0.3, 0.4) is 0 Å². The Kier molecular flexibility index (Phi) is 7.33. The summed E-state index contributed by atoms with van der Waals surface area (Å²) in [4.78, 5) is 26.5. The molecule has 1 aromatic carbocycles. The maximum atomic E-state index is 12.6. The summed E-state index contributed by atoms with van der Waals surface area (Å²) in [6.07, 6.45) is 6.12. The van der Waals surface area contributed by atoms with Crippen LogP contribution in [-0.2, 0) is 14.3 Å². The Morgan fingerprint density at radius 1 is 1.29 bits per heavy atom. The zero-order valence-corrected chi connectivity index (χ0v) is 17.4. The summed E-state index contributed by atoms with van der Waals surface area (Å²) in [5.41, 5.74) is 0.830. The Balaban J connectivity index is 1.51. The molecule has 3 rings (SSSR count). The Morgan fingerprint density at radius 3 is 2.93 bits per heavy atom. The van der Waals surface area contributed by atoms with Gasteiger partial charge in [-0.25, -0.2) is 0 Å². The molecule has 0 radical (unpaired) electrons. The summed E-state index contributed by atoms with van der Waals surface area (Å²) in [6.45, 7) is 3.00. The number of fused-ring (bicyclic) bond motifs is 1. The van der Waals surface area contributed by atoms with E-state index in [0.717, 1.165) is 31.2 Å². The Hall–Kier alpha value is -2.06. The van der Waals surface area contributed by atoms with E-state index in [1.165, 1.54) is 16.7 Å². The fourth-order valence-electron chi connectivity index (χ4n) is 2.84. The third-order valence-corrected chi connectivity index (χ3v) is 5.75. The molecule has 0 aliphatic carbocycles. The van der Waals surface area contributed by atoms with Crippen LogP contribution in [-0.4, -0.2) is 41.0 Å². The molecule has 1 saturated heterocycles. The number of carbonyl (C=O) groups is 2. The molecule has 0 unspecified atom stereocenters. The van der Waals surface area contributed by atoms with Crippen LogP contribution < -0.4 is 9.47 Å². The first-order chi connectivity index (χ1) is 13.6. The molecule has 1 amide bonds. The minimum atomic E-state index is -0.301. The van der Waals surface area contributed by atoms with E-state index in [1.54, 1.807) is 6.08 Å². The van der Waals surface area contributed by atoms with Crippen molar-refractivity contribution in [1.82, 2.24) is 4.90 Å². The van der Waals surface area contributed by atoms with Gasteiger partial charge in [-0.1, -0.05) is 56.2 Å². The van der Waals surface area contributed by atoms with E-state index in [2.05, 4.69) is 6.92 Å². The number of thiocarbonyl (C=S) groups is 1. The first-order valence-electron chi connectivity index (χ1n) is 9.39. The number of hydrogen-bond acceptors (Lipinski definition) is 7. The van der Waals surface area contributed by atoms with Gasteiger partial charge in [0, 0.05) is 6.54 Å². The lowest BCUT2D eigenvalue weighted by molar-refractivity contribution is -0.144. The second kappa shape index (κ2) is 9.93. The van der Waals surface area contributed by atoms with Gasteiger partial charge in [-0.3, -0.25) is 14.5 Å². The van der Waals surface area contributed by atoms with E-state index < -0.39 is 0 Å². The van der Waals surface area contributed by atoms with Crippen LogP contribution in [0.4, 0.5) is 0 Å². The molecule has 6 nitrogen and oxygen atoms in total. The topological polar surface area (TPSA) is 65.1 Å². The van der Waals surface area contributed by atoms with Crippen LogP contribution in [0.25, 0.3) is 6.08 Å². The Labute approximate surface area is 174 Å². The minimum Gasteiger partial charge on any atom is -0.466 e. The first kappa shape index (κ1) is 20.7. The van der Waals surface area contributed by atoms with Gasteiger partial charge in [0.25, 0.3) is 5.91 Å². The number of hydrogen-bond donors (Lipinski definition) is 0. The SMILES string of the molecule is CCCCCCOC(=O)CCN1C(=O)C(=Cc2ccc3c(c2)OCO3)SC1=S. The molecule has 28 heavy (non-hydrogen) atoms. The van der Waals surface area contributed by atoms with Crippen LogP contribution in [0.5, 0.6) is 11.5 Å². The molecule has 150 valence electrons. The van der Waals surface area contributed by atoms with Crippen molar-refractivity contribution in [2.45, 2.75) is 39.0 Å². The number of benzene rings is 1. The number of ether oxygens (including phenoxy) is 3. The Morgan fingerprint density at radius 2 is 2.11 bits per heavy atom. The fraction of sp³-hybridized carbons (Fsp3) is 0.450. The normalized spacial score (nSPS) is 16.9. The van der Waals surface area contributed by atoms with Crippen molar-refractivity contribution in [2.24, 2.45) is 0 Å². The molecular formula is C20H23NO5S2. The highest BCUT2D eigenvalue weighted by Crippen LogP contribution is 2.36. The monoisotopic (exact) mass is 421 g/mol. The summed E-state index contributed by atoms with van der Waals surface area (Å²) in [5, 5.41) is 0. The zero-order valence-electron chi connectivity index (χ0n) is 15.8. The lowest BCUT2D eigenvalue weighted by Crippen LogP contribution is -2.30. The van der Waals surface area contributed by atoms with Crippen molar-refractivity contribution in [3.8, 4) is 11.5 Å². The molecule has 0 N–H and O–H groups in total. The van der Waals surface area contributed by atoms with Crippen LogP contribution in [0, 0.1) is 0 Å². The van der Waals surface area contributed by atoms with Crippen LogP contribution >= 0.6 is 24.0 Å². The highest BCUT2D eigenvalue weighted by Gasteiger charge is 2.32. The number of thioether (sulfide) groups is 1. The van der Waals surface area contributed by atoms with E-state index in [9.17, 15) is 9.59 Å². The van der Waals surface area contributed by atoms with Gasteiger partial charge in [0.15, 0.2) is 11.5 Å². The van der Waals surface area contributed by atoms with Gasteiger partial charge in [-0.2, -0.15) is 0 Å². The van der Waals surface area contributed by atoms with Gasteiger partial charge in [-0.15, -0.1) is 0 Å². The van der Waals surface area contributed by atoms with Gasteiger partial charge in [0.05, 0.1) is 17.9 Å². The van der Waals surface area contributed by atoms with Gasteiger partial charge in [0.1, 0.15) is 4.32 Å². The third-order valence-electron chi connectivity index (χ3n) is 4.37. The van der Waals surface area contributed by atoms with E-state index in [0.29, 0.717) is 27.3 Å². The number of nitrogens with zero attached hydrogens (tertiary/aromatic N) is 1. The predicted molar refractivity (Wildman–Crippen MR) is 112 cm³/mol. The minimum absolute atomic E-state index is 0.136. The van der Waals surface area contributed by atoms with Gasteiger partial charge < -0.3 is 14.2 Å². The summed E-state index contributed by atoms with van der Waals surface area (Å²) < 4.78 is 16.3. The maximum absolute atomic E-state index is 12.6. The predicted octanol–water partition coefficient (Wildman–Crippen LogP) is 4.13. The first-order valence-corrected chi connectivity index (χ1v) is 10.6. The molecule has 2 aliphatic rings. The standard InChI is InChI=1S/C20H23NO5S2/c1-2-3-4-5-10-24-18(22)8-9-21-19(23)17(28-20(21)27)12-14-6-7-15-16(11-14)26-13-25-15/h6-7,11-12H,2-5,8-10,13H2,1H3. The molecule has 2 aliphatic heterocycles. The molecule has 2 heterocycles. The van der Waals surface area contributed by atoms with Crippen LogP contribution in [0.15, 0.2) is 23.1 Å². The van der Waals surface area contributed by atoms with Crippen molar-refractivity contribution >= 4 is 46.3 Å². The fourth-order valence-corrected chi connectivity index (χ4v) is 4.15. The quantitative estimate of drug-likeness (QED) is 0.257. The number of amides is 1. The number of unbranched alkanes of at least 4 members (excludes halogenated alkanes) is 3. The van der Waals surface area contributed by atoms with E-state index >= 15 is 0 Å². The molecule has 0 aromatic heterocycles. The zero-order chi connectivity index (χ0) is 19.9. The van der Waals surface area contributed by atoms with Crippen molar-refractivity contribution in [1.29, 1.82) is 0 Å². The summed E-state index contributed by atoms with van der Waals surface area (Å²) in [6, 6.07) is 5.49. The molecule has 0 atom stereocenters. The van der Waals surface area contributed by atoms with Gasteiger partial charge >= 0.3 is 5.97 Å². The average molecular weight is 422 g/mol. The summed E-state index contributed by atoms with van der Waals surface area (Å²) in [5.74, 6) is 0.859. The summed E-state index contributed by atoms with van der Waals surface area (Å²) in [7, 11) is 0. The molecule has 0 spiro atoms. The smallest absolute Gasteiger partial charge is 0.307 e. The third kappa shape index (κ3) is 5.26. The number of rotatable bonds is 9. The van der Waals surface area contributed by atoms with Gasteiger partial charge in [0.2, 0.25) is 6.79 Å². The highest BCUT2D eigenvalue weighted by molar-refractivity contribution is 8.26. The molecule has 0 bridgehead atoms. The number of esters is 1. The Bertz CT molecular complexity index is 793. The molecule has 1 fully saturated rings.